The summed E-state index contributed by atoms with van der Waals surface area (Å²) in [4.78, 5) is 22.6. The van der Waals surface area contributed by atoms with Gasteiger partial charge in [-0.15, -0.1) is 0 Å². The Morgan fingerprint density at radius 3 is 2.12 bits per heavy atom. The minimum atomic E-state index is -1.02. The second-order valence-corrected chi connectivity index (χ2v) is 4.48. The van der Waals surface area contributed by atoms with Crippen molar-refractivity contribution >= 4 is 11.9 Å². The lowest BCUT2D eigenvalue weighted by atomic mass is 9.97. The van der Waals surface area contributed by atoms with Crippen LogP contribution in [0.3, 0.4) is 0 Å². The third kappa shape index (κ3) is 4.18. The quantitative estimate of drug-likeness (QED) is 0.622. The third-order valence-corrected chi connectivity index (χ3v) is 2.80. The zero-order valence-corrected chi connectivity index (χ0v) is 10.4. The molecule has 1 amide bonds. The smallest absolute Gasteiger partial charge is 0.326 e. The minimum Gasteiger partial charge on any atom is -0.480 e. The molecule has 4 N–H and O–H groups in total. The van der Waals surface area contributed by atoms with Gasteiger partial charge in [-0.1, -0.05) is 34.1 Å². The third-order valence-electron chi connectivity index (χ3n) is 2.80. The van der Waals surface area contributed by atoms with Gasteiger partial charge < -0.3 is 16.2 Å². The van der Waals surface area contributed by atoms with Crippen LogP contribution in [0.4, 0.5) is 0 Å². The molecule has 0 aromatic rings. The number of hydrogen-bond acceptors (Lipinski definition) is 3. The molecule has 0 aliphatic carbocycles. The highest BCUT2D eigenvalue weighted by Gasteiger charge is 2.28. The molecule has 5 heteroatoms. The average molecular weight is 230 g/mol. The van der Waals surface area contributed by atoms with Gasteiger partial charge in [0.05, 0.1) is 6.04 Å². The normalized spacial score (nSPS) is 16.6. The lowest BCUT2D eigenvalue weighted by molar-refractivity contribution is -0.143. The average Bonchev–Trinajstić information content (AvgIpc) is 2.22. The highest BCUT2D eigenvalue weighted by atomic mass is 16.4. The van der Waals surface area contributed by atoms with Crippen LogP contribution in [-0.4, -0.2) is 29.1 Å². The molecule has 0 fully saturated rings. The van der Waals surface area contributed by atoms with Crippen molar-refractivity contribution in [3.8, 4) is 0 Å². The fourth-order valence-electron chi connectivity index (χ4n) is 1.24. The van der Waals surface area contributed by atoms with Gasteiger partial charge in [-0.25, -0.2) is 4.79 Å². The van der Waals surface area contributed by atoms with Crippen LogP contribution in [-0.2, 0) is 9.59 Å². The Hall–Kier alpha value is -1.10. The summed E-state index contributed by atoms with van der Waals surface area (Å²) in [5.41, 5.74) is 5.65. The van der Waals surface area contributed by atoms with Gasteiger partial charge in [-0.2, -0.15) is 0 Å². The monoisotopic (exact) mass is 230 g/mol. The van der Waals surface area contributed by atoms with E-state index in [-0.39, 0.29) is 11.8 Å². The molecule has 0 aliphatic rings. The fraction of sp³-hybridized carbons (Fsp3) is 0.818. The predicted octanol–water partition coefficient (Wildman–Crippen LogP) is 0.585. The summed E-state index contributed by atoms with van der Waals surface area (Å²) in [6.07, 6.45) is 0.689. The Morgan fingerprint density at radius 2 is 1.81 bits per heavy atom. The van der Waals surface area contributed by atoms with Crippen LogP contribution >= 0.6 is 0 Å². The number of carboxylic acid groups (broad SMARTS) is 1. The molecule has 3 atom stereocenters. The molecule has 0 saturated carbocycles. The lowest BCUT2D eigenvalue weighted by Gasteiger charge is -2.23. The van der Waals surface area contributed by atoms with Gasteiger partial charge in [-0.3, -0.25) is 4.79 Å². The first-order chi connectivity index (χ1) is 7.31. The number of nitrogens with two attached hydrogens (primary N) is 1. The van der Waals surface area contributed by atoms with Gasteiger partial charge in [0.15, 0.2) is 0 Å². The number of carbonyl (C=O) groups excluding carboxylic acids is 1. The van der Waals surface area contributed by atoms with Crippen molar-refractivity contribution in [2.45, 2.75) is 46.2 Å². The Labute approximate surface area is 96.4 Å². The van der Waals surface area contributed by atoms with Crippen molar-refractivity contribution in [1.29, 1.82) is 0 Å². The SMILES string of the molecule is CCC(C)[C@H](NC(=O)[C@@H](N)C(C)C)C(=O)O. The summed E-state index contributed by atoms with van der Waals surface area (Å²) >= 11 is 0. The molecule has 0 aromatic heterocycles. The molecule has 94 valence electrons. The molecule has 5 nitrogen and oxygen atoms in total. The van der Waals surface area contributed by atoms with Crippen molar-refractivity contribution in [2.24, 2.45) is 17.6 Å². The first-order valence-electron chi connectivity index (χ1n) is 5.60. The number of nitrogens with one attached hydrogen (secondary N) is 1. The van der Waals surface area contributed by atoms with Gasteiger partial charge in [-0.05, 0) is 11.8 Å². The summed E-state index contributed by atoms with van der Waals surface area (Å²) < 4.78 is 0. The molecular formula is C11H22N2O3. The van der Waals surface area contributed by atoms with E-state index < -0.39 is 24.0 Å². The van der Waals surface area contributed by atoms with Crippen LogP contribution in [0.1, 0.15) is 34.1 Å². The second kappa shape index (κ2) is 6.48. The molecule has 16 heavy (non-hydrogen) atoms. The van der Waals surface area contributed by atoms with Gasteiger partial charge in [0.25, 0.3) is 0 Å². The number of rotatable bonds is 6. The van der Waals surface area contributed by atoms with E-state index in [0.717, 1.165) is 0 Å². The van der Waals surface area contributed by atoms with Crippen molar-refractivity contribution in [1.82, 2.24) is 5.32 Å². The molecule has 0 aliphatic heterocycles. The number of hydrogen-bond donors (Lipinski definition) is 3. The van der Waals surface area contributed by atoms with Crippen molar-refractivity contribution in [3.05, 3.63) is 0 Å². The topological polar surface area (TPSA) is 92.4 Å². The highest BCUT2D eigenvalue weighted by molar-refractivity contribution is 5.87. The molecular weight excluding hydrogens is 208 g/mol. The first kappa shape index (κ1) is 14.9. The van der Waals surface area contributed by atoms with Crippen LogP contribution in [0.15, 0.2) is 0 Å². The predicted molar refractivity (Wildman–Crippen MR) is 61.8 cm³/mol. The molecule has 0 spiro atoms. The van der Waals surface area contributed by atoms with E-state index in [2.05, 4.69) is 5.32 Å². The van der Waals surface area contributed by atoms with Gasteiger partial charge in [0.1, 0.15) is 6.04 Å². The van der Waals surface area contributed by atoms with Gasteiger partial charge in [0.2, 0.25) is 5.91 Å². The zero-order chi connectivity index (χ0) is 12.9. The molecule has 0 saturated heterocycles. The highest BCUT2D eigenvalue weighted by Crippen LogP contribution is 2.09. The molecule has 0 bridgehead atoms. The van der Waals surface area contributed by atoms with Crippen LogP contribution < -0.4 is 11.1 Å². The maximum atomic E-state index is 11.6. The van der Waals surface area contributed by atoms with Crippen LogP contribution in [0, 0.1) is 11.8 Å². The molecule has 0 aromatic carbocycles. The van der Waals surface area contributed by atoms with E-state index in [1.165, 1.54) is 0 Å². The van der Waals surface area contributed by atoms with E-state index in [4.69, 9.17) is 10.8 Å². The Bertz CT molecular complexity index is 254. The lowest BCUT2D eigenvalue weighted by Crippen LogP contribution is -2.52. The summed E-state index contributed by atoms with van der Waals surface area (Å²) in [5.74, 6) is -1.53. The minimum absolute atomic E-state index is 0.00798. The zero-order valence-electron chi connectivity index (χ0n) is 10.4. The summed E-state index contributed by atoms with van der Waals surface area (Å²) in [7, 11) is 0. The van der Waals surface area contributed by atoms with Crippen LogP contribution in [0.25, 0.3) is 0 Å². The number of carboxylic acids is 1. The Morgan fingerprint density at radius 1 is 1.31 bits per heavy atom. The van der Waals surface area contributed by atoms with Gasteiger partial charge in [0, 0.05) is 0 Å². The van der Waals surface area contributed by atoms with E-state index in [1.54, 1.807) is 6.92 Å². The van der Waals surface area contributed by atoms with Crippen molar-refractivity contribution in [2.75, 3.05) is 0 Å². The standard InChI is InChI=1S/C11H22N2O3/c1-5-7(4)9(11(15)16)13-10(14)8(12)6(2)3/h6-9H,5,12H2,1-4H3,(H,13,14)(H,15,16)/t7?,8-,9-/m0/s1. The van der Waals surface area contributed by atoms with E-state index in [9.17, 15) is 9.59 Å². The molecule has 0 rings (SSSR count). The van der Waals surface area contributed by atoms with Crippen molar-refractivity contribution in [3.63, 3.8) is 0 Å². The largest absolute Gasteiger partial charge is 0.480 e. The van der Waals surface area contributed by atoms with Crippen LogP contribution in [0.2, 0.25) is 0 Å². The van der Waals surface area contributed by atoms with Crippen LogP contribution in [0.5, 0.6) is 0 Å². The van der Waals surface area contributed by atoms with E-state index >= 15 is 0 Å². The summed E-state index contributed by atoms with van der Waals surface area (Å²) in [6, 6.07) is -1.52. The Kier molecular flexibility index (Phi) is 6.03. The van der Waals surface area contributed by atoms with E-state index in [0.29, 0.717) is 6.42 Å². The van der Waals surface area contributed by atoms with Gasteiger partial charge >= 0.3 is 5.97 Å². The van der Waals surface area contributed by atoms with E-state index in [1.807, 2.05) is 20.8 Å². The Balaban J connectivity index is 4.52. The number of amides is 1. The van der Waals surface area contributed by atoms with Crippen molar-refractivity contribution < 1.29 is 14.7 Å². The fourth-order valence-corrected chi connectivity index (χ4v) is 1.24. The first-order valence-corrected chi connectivity index (χ1v) is 5.60. The maximum absolute atomic E-state index is 11.6. The number of carbonyl (C=O) groups is 2. The molecule has 1 unspecified atom stereocenters. The maximum Gasteiger partial charge on any atom is 0.326 e. The number of aliphatic carboxylic acids is 1. The summed E-state index contributed by atoms with van der Waals surface area (Å²) in [6.45, 7) is 7.32. The second-order valence-electron chi connectivity index (χ2n) is 4.48. The molecule has 0 radical (unpaired) electrons. The molecule has 0 heterocycles. The summed E-state index contributed by atoms with van der Waals surface area (Å²) in [5, 5.41) is 11.5.